The highest BCUT2D eigenvalue weighted by molar-refractivity contribution is 5.78. The van der Waals surface area contributed by atoms with Crippen LogP contribution >= 0.6 is 0 Å². The molecule has 3 aromatic rings. The van der Waals surface area contributed by atoms with E-state index in [1.54, 1.807) is 0 Å². The fraction of sp³-hybridized carbons (Fsp3) is 0.296. The molecule has 3 atom stereocenters. The van der Waals surface area contributed by atoms with Gasteiger partial charge in [0.1, 0.15) is 6.10 Å². The molecule has 0 unspecified atom stereocenters. The van der Waals surface area contributed by atoms with Crippen LogP contribution in [-0.2, 0) is 38.8 Å². The Morgan fingerprint density at radius 3 is 1.75 bits per heavy atom. The van der Waals surface area contributed by atoms with Crippen molar-refractivity contribution in [1.29, 1.82) is 0 Å². The van der Waals surface area contributed by atoms with Gasteiger partial charge in [-0.1, -0.05) is 91.0 Å². The van der Waals surface area contributed by atoms with E-state index in [4.69, 9.17) is 14.2 Å². The number of carbonyl (C=O) groups excluding carboxylic acids is 1. The number of rotatable bonds is 10. The number of hydrogen-bond donors (Lipinski definition) is 1. The summed E-state index contributed by atoms with van der Waals surface area (Å²) in [7, 11) is 0. The number of amides is 1. The molecule has 0 aromatic heterocycles. The van der Waals surface area contributed by atoms with Gasteiger partial charge in [0.25, 0.3) is 0 Å². The number of ether oxygens (including phenoxy) is 3. The zero-order chi connectivity index (χ0) is 22.0. The smallest absolute Gasteiger partial charge is 0.223 e. The maximum Gasteiger partial charge on any atom is 0.223 e. The highest BCUT2D eigenvalue weighted by Crippen LogP contribution is 2.22. The highest BCUT2D eigenvalue weighted by Gasteiger charge is 2.38. The molecule has 32 heavy (non-hydrogen) atoms. The molecule has 4 rings (SSSR count). The molecule has 166 valence electrons. The van der Waals surface area contributed by atoms with Crippen molar-refractivity contribution in [2.24, 2.45) is 0 Å². The minimum Gasteiger partial charge on any atom is -0.375 e. The Morgan fingerprint density at radius 2 is 1.19 bits per heavy atom. The molecule has 1 aliphatic heterocycles. The van der Waals surface area contributed by atoms with Gasteiger partial charge in [0.05, 0.1) is 45.0 Å². The van der Waals surface area contributed by atoms with Crippen LogP contribution in [0.2, 0.25) is 0 Å². The van der Waals surface area contributed by atoms with Crippen LogP contribution in [0.25, 0.3) is 0 Å². The summed E-state index contributed by atoms with van der Waals surface area (Å²) in [5, 5.41) is 3.05. The molecule has 5 nitrogen and oxygen atoms in total. The average Bonchev–Trinajstić information content (AvgIpc) is 2.84. The van der Waals surface area contributed by atoms with Crippen molar-refractivity contribution in [2.45, 2.75) is 44.5 Å². The van der Waals surface area contributed by atoms with Crippen LogP contribution in [0.15, 0.2) is 91.0 Å². The van der Waals surface area contributed by atoms with E-state index in [0.717, 1.165) is 16.7 Å². The maximum atomic E-state index is 12.4. The number of nitrogens with one attached hydrogen (secondary N) is 1. The van der Waals surface area contributed by atoms with Crippen LogP contribution in [0.4, 0.5) is 0 Å². The van der Waals surface area contributed by atoms with Crippen LogP contribution in [0.5, 0.6) is 0 Å². The lowest BCUT2D eigenvalue weighted by atomic mass is 9.97. The van der Waals surface area contributed by atoms with Crippen LogP contribution < -0.4 is 5.32 Å². The van der Waals surface area contributed by atoms with Gasteiger partial charge in [0.2, 0.25) is 5.91 Å². The van der Waals surface area contributed by atoms with Crippen molar-refractivity contribution >= 4 is 5.91 Å². The minimum atomic E-state index is -0.349. The molecule has 0 spiro atoms. The average molecular weight is 432 g/mol. The first-order chi connectivity index (χ1) is 15.8. The second kappa shape index (κ2) is 11.6. The second-order valence-corrected chi connectivity index (χ2v) is 7.98. The fourth-order valence-corrected chi connectivity index (χ4v) is 3.84. The summed E-state index contributed by atoms with van der Waals surface area (Å²) in [5.41, 5.74) is 3.24. The number of piperidine rings is 1. The molecule has 5 heteroatoms. The summed E-state index contributed by atoms with van der Waals surface area (Å²) in [5.74, 6) is -0.0454. The normalized spacial score (nSPS) is 20.6. The summed E-state index contributed by atoms with van der Waals surface area (Å²) in [6.45, 7) is 1.71. The fourth-order valence-electron chi connectivity index (χ4n) is 3.84. The SMILES string of the molecule is O=C1C[C@H](OCc2ccccc2)[C@H](OCc2ccccc2)[C@@H](COCc2ccccc2)N1. The summed E-state index contributed by atoms with van der Waals surface area (Å²) in [4.78, 5) is 12.4. The zero-order valence-electron chi connectivity index (χ0n) is 18.1. The van der Waals surface area contributed by atoms with E-state index < -0.39 is 0 Å². The molecule has 1 fully saturated rings. The lowest BCUT2D eigenvalue weighted by Crippen LogP contribution is -2.58. The Kier molecular flexibility index (Phi) is 8.04. The van der Waals surface area contributed by atoms with Gasteiger partial charge < -0.3 is 19.5 Å². The molecule has 0 radical (unpaired) electrons. The predicted octanol–water partition coefficient (Wildman–Crippen LogP) is 4.26. The topological polar surface area (TPSA) is 56.8 Å². The molecule has 1 N–H and O–H groups in total. The molecule has 0 saturated carbocycles. The van der Waals surface area contributed by atoms with Crippen LogP contribution in [0.1, 0.15) is 23.1 Å². The first-order valence-corrected chi connectivity index (χ1v) is 11.0. The van der Waals surface area contributed by atoms with Gasteiger partial charge in [0.15, 0.2) is 0 Å². The van der Waals surface area contributed by atoms with Gasteiger partial charge in [-0.15, -0.1) is 0 Å². The van der Waals surface area contributed by atoms with Crippen LogP contribution in [-0.4, -0.2) is 30.8 Å². The first kappa shape index (κ1) is 22.2. The molecule has 3 aromatic carbocycles. The van der Waals surface area contributed by atoms with Gasteiger partial charge in [0, 0.05) is 0 Å². The first-order valence-electron chi connectivity index (χ1n) is 11.0. The third-order valence-corrected chi connectivity index (χ3v) is 5.50. The van der Waals surface area contributed by atoms with E-state index >= 15 is 0 Å². The van der Waals surface area contributed by atoms with Gasteiger partial charge in [-0.25, -0.2) is 0 Å². The summed E-state index contributed by atoms with van der Waals surface area (Å²) < 4.78 is 18.5. The maximum absolute atomic E-state index is 12.4. The summed E-state index contributed by atoms with van der Waals surface area (Å²) in [6.07, 6.45) is -0.396. The molecule has 1 amide bonds. The van der Waals surface area contributed by atoms with E-state index in [1.807, 2.05) is 91.0 Å². The van der Waals surface area contributed by atoms with Gasteiger partial charge in [-0.3, -0.25) is 4.79 Å². The van der Waals surface area contributed by atoms with E-state index in [-0.39, 0.29) is 30.6 Å². The predicted molar refractivity (Wildman–Crippen MR) is 123 cm³/mol. The van der Waals surface area contributed by atoms with Crippen molar-refractivity contribution < 1.29 is 19.0 Å². The van der Waals surface area contributed by atoms with Crippen LogP contribution in [0.3, 0.4) is 0 Å². The molecule has 1 heterocycles. The lowest BCUT2D eigenvalue weighted by molar-refractivity contribution is -0.152. The third kappa shape index (κ3) is 6.50. The van der Waals surface area contributed by atoms with Gasteiger partial charge in [-0.05, 0) is 16.7 Å². The second-order valence-electron chi connectivity index (χ2n) is 7.98. The monoisotopic (exact) mass is 431 g/mol. The Bertz CT molecular complexity index is 949. The van der Waals surface area contributed by atoms with Crippen LogP contribution in [0, 0.1) is 0 Å². The van der Waals surface area contributed by atoms with Gasteiger partial charge in [-0.2, -0.15) is 0 Å². The molecule has 1 aliphatic rings. The third-order valence-electron chi connectivity index (χ3n) is 5.50. The quantitative estimate of drug-likeness (QED) is 0.521. The summed E-state index contributed by atoms with van der Waals surface area (Å²) in [6, 6.07) is 29.7. The van der Waals surface area contributed by atoms with E-state index in [2.05, 4.69) is 5.32 Å². The Hall–Kier alpha value is -2.99. The minimum absolute atomic E-state index is 0.0454. The molecule has 0 bridgehead atoms. The van der Waals surface area contributed by atoms with E-state index in [0.29, 0.717) is 26.4 Å². The number of benzene rings is 3. The van der Waals surface area contributed by atoms with E-state index in [1.165, 1.54) is 0 Å². The Morgan fingerprint density at radius 1 is 0.688 bits per heavy atom. The van der Waals surface area contributed by atoms with E-state index in [9.17, 15) is 4.79 Å². The zero-order valence-corrected chi connectivity index (χ0v) is 18.1. The number of hydrogen-bond acceptors (Lipinski definition) is 4. The molecular formula is C27H29NO4. The van der Waals surface area contributed by atoms with Gasteiger partial charge >= 0.3 is 0 Å². The Labute approximate surface area is 189 Å². The highest BCUT2D eigenvalue weighted by atomic mass is 16.5. The van der Waals surface area contributed by atoms with Crippen molar-refractivity contribution in [1.82, 2.24) is 5.32 Å². The largest absolute Gasteiger partial charge is 0.375 e. The summed E-state index contributed by atoms with van der Waals surface area (Å²) >= 11 is 0. The number of carbonyl (C=O) groups is 1. The molecular weight excluding hydrogens is 402 g/mol. The lowest BCUT2D eigenvalue weighted by Gasteiger charge is -2.38. The molecule has 1 saturated heterocycles. The Balaban J connectivity index is 1.42. The van der Waals surface area contributed by atoms with Crippen molar-refractivity contribution in [2.75, 3.05) is 6.61 Å². The van der Waals surface area contributed by atoms with Crippen molar-refractivity contribution in [3.05, 3.63) is 108 Å². The standard InChI is InChI=1S/C27H29NO4/c29-26-16-25(31-18-22-12-6-2-7-13-22)27(32-19-23-14-8-3-9-15-23)24(28-26)20-30-17-21-10-4-1-5-11-21/h1-15,24-25,27H,16-20H2,(H,28,29)/t24-,25+,27-/m1/s1. The van der Waals surface area contributed by atoms with Crippen molar-refractivity contribution in [3.8, 4) is 0 Å². The van der Waals surface area contributed by atoms with Crippen molar-refractivity contribution in [3.63, 3.8) is 0 Å². The molecule has 0 aliphatic carbocycles.